The third kappa shape index (κ3) is 3.92. The maximum absolute atomic E-state index is 11.8. The number of nitrogens with zero attached hydrogens (tertiary/aromatic N) is 4. The van der Waals surface area contributed by atoms with Crippen molar-refractivity contribution in [2.75, 3.05) is 36.0 Å². The Kier molecular flexibility index (Phi) is 5.41. The lowest BCUT2D eigenvalue weighted by Gasteiger charge is -2.37. The van der Waals surface area contributed by atoms with Gasteiger partial charge in [-0.2, -0.15) is 0 Å². The van der Waals surface area contributed by atoms with Crippen molar-refractivity contribution < 1.29 is 4.79 Å². The first-order chi connectivity index (χ1) is 13.9. The minimum Gasteiger partial charge on any atom is -0.365 e. The number of carbonyl (C=O) groups excluding carboxylic acids is 1. The van der Waals surface area contributed by atoms with Gasteiger partial charge in [0.1, 0.15) is 11.6 Å². The van der Waals surface area contributed by atoms with Crippen molar-refractivity contribution in [3.05, 3.63) is 58.2 Å². The van der Waals surface area contributed by atoms with Gasteiger partial charge in [0.15, 0.2) is 0 Å². The second-order valence-electron chi connectivity index (χ2n) is 7.61. The summed E-state index contributed by atoms with van der Waals surface area (Å²) in [5.41, 5.74) is 8.24. The Bertz CT molecular complexity index is 1060. The lowest BCUT2D eigenvalue weighted by Crippen LogP contribution is -2.48. The highest BCUT2D eigenvalue weighted by Gasteiger charge is 2.24. The molecule has 29 heavy (non-hydrogen) atoms. The highest BCUT2D eigenvalue weighted by molar-refractivity contribution is 9.10. The average molecular weight is 454 g/mol. The Hall–Kier alpha value is -2.67. The Labute approximate surface area is 178 Å². The predicted molar refractivity (Wildman–Crippen MR) is 121 cm³/mol. The summed E-state index contributed by atoms with van der Waals surface area (Å²) in [4.78, 5) is 25.6. The van der Waals surface area contributed by atoms with Crippen molar-refractivity contribution in [3.8, 4) is 0 Å². The van der Waals surface area contributed by atoms with E-state index < -0.39 is 5.91 Å². The van der Waals surface area contributed by atoms with Crippen molar-refractivity contribution in [2.24, 2.45) is 5.73 Å². The van der Waals surface area contributed by atoms with Gasteiger partial charge in [-0.1, -0.05) is 29.8 Å². The molecular formula is C22H24BrN5O. The fraction of sp³-hybridized carbons (Fsp3) is 0.318. The summed E-state index contributed by atoms with van der Waals surface area (Å²) in [7, 11) is 0. The standard InChI is InChI=1S/C22H24BrN5O/c1-14(2)18-13-15-12-16(23)5-6-19(15)26-22(18)28-10-8-27(9-11-28)21-17(20(24)29)4-3-7-25-21/h3-7,12-14H,8-11H2,1-2H3,(H2,24,29). The highest BCUT2D eigenvalue weighted by Crippen LogP contribution is 2.31. The number of benzene rings is 1. The zero-order valence-electron chi connectivity index (χ0n) is 16.6. The van der Waals surface area contributed by atoms with E-state index in [1.807, 2.05) is 6.07 Å². The number of primary amides is 1. The van der Waals surface area contributed by atoms with Gasteiger partial charge in [-0.05, 0) is 47.9 Å². The molecule has 1 aliphatic rings. The number of fused-ring (bicyclic) bond motifs is 1. The second-order valence-corrected chi connectivity index (χ2v) is 8.52. The Balaban J connectivity index is 1.62. The van der Waals surface area contributed by atoms with Crippen LogP contribution in [0.25, 0.3) is 10.9 Å². The Morgan fingerprint density at radius 3 is 2.41 bits per heavy atom. The van der Waals surface area contributed by atoms with Crippen LogP contribution in [0.15, 0.2) is 47.1 Å². The SMILES string of the molecule is CC(C)c1cc2cc(Br)ccc2nc1N1CCN(c2ncccc2C(N)=O)CC1. The Morgan fingerprint density at radius 2 is 1.76 bits per heavy atom. The number of nitrogens with two attached hydrogens (primary N) is 1. The molecule has 7 heteroatoms. The summed E-state index contributed by atoms with van der Waals surface area (Å²) >= 11 is 3.55. The molecule has 1 saturated heterocycles. The van der Waals surface area contributed by atoms with Crippen LogP contribution >= 0.6 is 15.9 Å². The van der Waals surface area contributed by atoms with E-state index in [4.69, 9.17) is 10.7 Å². The molecule has 0 unspecified atom stereocenters. The third-order valence-electron chi connectivity index (χ3n) is 5.34. The van der Waals surface area contributed by atoms with E-state index in [2.05, 4.69) is 62.8 Å². The van der Waals surface area contributed by atoms with Crippen molar-refractivity contribution in [1.29, 1.82) is 0 Å². The zero-order valence-corrected chi connectivity index (χ0v) is 18.2. The number of amides is 1. The molecule has 1 aliphatic heterocycles. The molecule has 2 N–H and O–H groups in total. The van der Waals surface area contributed by atoms with Gasteiger partial charge in [-0.3, -0.25) is 4.79 Å². The van der Waals surface area contributed by atoms with E-state index in [-0.39, 0.29) is 0 Å². The lowest BCUT2D eigenvalue weighted by atomic mass is 10.0. The van der Waals surface area contributed by atoms with E-state index in [1.54, 1.807) is 18.3 Å². The van der Waals surface area contributed by atoms with Crippen LogP contribution < -0.4 is 15.5 Å². The molecule has 3 heterocycles. The molecule has 1 fully saturated rings. The summed E-state index contributed by atoms with van der Waals surface area (Å²) in [5, 5.41) is 1.14. The molecule has 0 atom stereocenters. The summed E-state index contributed by atoms with van der Waals surface area (Å²) in [6, 6.07) is 11.9. The van der Waals surface area contributed by atoms with Gasteiger partial charge < -0.3 is 15.5 Å². The minimum absolute atomic E-state index is 0.371. The molecule has 0 radical (unpaired) electrons. The van der Waals surface area contributed by atoms with Gasteiger partial charge in [0.25, 0.3) is 5.91 Å². The van der Waals surface area contributed by atoms with Gasteiger partial charge in [-0.15, -0.1) is 0 Å². The third-order valence-corrected chi connectivity index (χ3v) is 5.83. The normalized spacial score (nSPS) is 14.6. The van der Waals surface area contributed by atoms with Crippen LogP contribution in [0.4, 0.5) is 11.6 Å². The van der Waals surface area contributed by atoms with Crippen LogP contribution in [-0.4, -0.2) is 42.1 Å². The number of hydrogen-bond acceptors (Lipinski definition) is 5. The molecule has 0 saturated carbocycles. The van der Waals surface area contributed by atoms with Gasteiger partial charge in [0.2, 0.25) is 0 Å². The molecule has 0 bridgehead atoms. The molecule has 1 amide bonds. The molecular weight excluding hydrogens is 430 g/mol. The van der Waals surface area contributed by atoms with E-state index >= 15 is 0 Å². The van der Waals surface area contributed by atoms with E-state index in [0.29, 0.717) is 17.3 Å². The van der Waals surface area contributed by atoms with Gasteiger partial charge in [0.05, 0.1) is 11.1 Å². The van der Waals surface area contributed by atoms with Crippen LogP contribution in [0.2, 0.25) is 0 Å². The first kappa shape index (κ1) is 19.6. The number of piperazine rings is 1. The fourth-order valence-corrected chi connectivity index (χ4v) is 4.18. The topological polar surface area (TPSA) is 75.3 Å². The first-order valence-corrected chi connectivity index (χ1v) is 10.6. The number of carbonyl (C=O) groups is 1. The number of anilines is 2. The maximum atomic E-state index is 11.8. The smallest absolute Gasteiger partial charge is 0.252 e. The number of aromatic nitrogens is 2. The average Bonchev–Trinajstić information content (AvgIpc) is 2.72. The van der Waals surface area contributed by atoms with Crippen LogP contribution in [0.5, 0.6) is 0 Å². The minimum atomic E-state index is -0.444. The van der Waals surface area contributed by atoms with Crippen molar-refractivity contribution in [3.63, 3.8) is 0 Å². The molecule has 3 aromatic rings. The summed E-state index contributed by atoms with van der Waals surface area (Å²) in [6.45, 7) is 7.54. The van der Waals surface area contributed by atoms with Crippen molar-refractivity contribution in [1.82, 2.24) is 9.97 Å². The van der Waals surface area contributed by atoms with Gasteiger partial charge in [-0.25, -0.2) is 9.97 Å². The fourth-order valence-electron chi connectivity index (χ4n) is 3.80. The molecule has 0 aliphatic carbocycles. The summed E-state index contributed by atoms with van der Waals surface area (Å²) in [5.74, 6) is 1.64. The number of halogens is 1. The first-order valence-electron chi connectivity index (χ1n) is 9.79. The Morgan fingerprint density at radius 1 is 1.07 bits per heavy atom. The number of pyridine rings is 2. The second kappa shape index (κ2) is 7.99. The van der Waals surface area contributed by atoms with Crippen LogP contribution in [-0.2, 0) is 0 Å². The highest BCUT2D eigenvalue weighted by atomic mass is 79.9. The number of hydrogen-bond donors (Lipinski definition) is 1. The molecule has 0 spiro atoms. The molecule has 6 nitrogen and oxygen atoms in total. The number of rotatable bonds is 4. The van der Waals surface area contributed by atoms with Crippen LogP contribution in [0.1, 0.15) is 35.7 Å². The van der Waals surface area contributed by atoms with Crippen LogP contribution in [0.3, 0.4) is 0 Å². The molecule has 150 valence electrons. The maximum Gasteiger partial charge on any atom is 0.252 e. The van der Waals surface area contributed by atoms with Gasteiger partial charge >= 0.3 is 0 Å². The van der Waals surface area contributed by atoms with Crippen molar-refractivity contribution >= 4 is 44.4 Å². The molecule has 1 aromatic carbocycles. The predicted octanol–water partition coefficient (Wildman–Crippen LogP) is 3.94. The van der Waals surface area contributed by atoms with E-state index in [0.717, 1.165) is 47.4 Å². The summed E-state index contributed by atoms with van der Waals surface area (Å²) < 4.78 is 1.06. The van der Waals surface area contributed by atoms with Crippen LogP contribution in [0, 0.1) is 0 Å². The zero-order chi connectivity index (χ0) is 20.5. The van der Waals surface area contributed by atoms with Gasteiger partial charge in [0, 0.05) is 42.2 Å². The van der Waals surface area contributed by atoms with Crippen molar-refractivity contribution in [2.45, 2.75) is 19.8 Å². The van der Waals surface area contributed by atoms with E-state index in [9.17, 15) is 4.79 Å². The quantitative estimate of drug-likeness (QED) is 0.647. The summed E-state index contributed by atoms with van der Waals surface area (Å²) in [6.07, 6.45) is 1.70. The lowest BCUT2D eigenvalue weighted by molar-refractivity contribution is 0.100. The monoisotopic (exact) mass is 453 g/mol. The van der Waals surface area contributed by atoms with E-state index in [1.165, 1.54) is 5.56 Å². The molecule has 4 rings (SSSR count). The largest absolute Gasteiger partial charge is 0.365 e. The molecule has 2 aromatic heterocycles.